The highest BCUT2D eigenvalue weighted by atomic mass is 16.3. The van der Waals surface area contributed by atoms with Crippen molar-refractivity contribution in [2.75, 3.05) is 0 Å². The SMILES string of the molecule is Cn1ccc(C(O)Cc2ccc3ccccc3c2)n1. The van der Waals surface area contributed by atoms with E-state index in [1.807, 2.05) is 31.4 Å². The lowest BCUT2D eigenvalue weighted by molar-refractivity contribution is 0.173. The van der Waals surface area contributed by atoms with Crippen LogP contribution in [0.5, 0.6) is 0 Å². The van der Waals surface area contributed by atoms with Crippen LogP contribution in [0.4, 0.5) is 0 Å². The van der Waals surface area contributed by atoms with Gasteiger partial charge in [-0.2, -0.15) is 5.10 Å². The standard InChI is InChI=1S/C16H16N2O/c1-18-9-8-15(17-18)16(19)11-12-6-7-13-4-2-3-5-14(13)10-12/h2-10,16,19H,11H2,1H3. The fourth-order valence-electron chi connectivity index (χ4n) is 2.30. The topological polar surface area (TPSA) is 38.0 Å². The molecule has 96 valence electrons. The maximum absolute atomic E-state index is 10.2. The summed E-state index contributed by atoms with van der Waals surface area (Å²) < 4.78 is 1.71. The lowest BCUT2D eigenvalue weighted by Gasteiger charge is -2.09. The number of benzene rings is 2. The number of hydrogen-bond acceptors (Lipinski definition) is 2. The summed E-state index contributed by atoms with van der Waals surface area (Å²) in [6.45, 7) is 0. The van der Waals surface area contributed by atoms with Crippen LogP contribution in [0, 0.1) is 0 Å². The Morgan fingerprint density at radius 1 is 1.11 bits per heavy atom. The Balaban J connectivity index is 1.84. The fourth-order valence-corrected chi connectivity index (χ4v) is 2.30. The van der Waals surface area contributed by atoms with E-state index in [4.69, 9.17) is 0 Å². The maximum atomic E-state index is 10.2. The third kappa shape index (κ3) is 2.51. The Kier molecular flexibility index (Phi) is 3.05. The van der Waals surface area contributed by atoms with E-state index in [0.717, 1.165) is 11.3 Å². The first-order valence-corrected chi connectivity index (χ1v) is 6.38. The van der Waals surface area contributed by atoms with E-state index in [1.54, 1.807) is 4.68 Å². The summed E-state index contributed by atoms with van der Waals surface area (Å²) >= 11 is 0. The third-order valence-electron chi connectivity index (χ3n) is 3.32. The number of aryl methyl sites for hydroxylation is 1. The van der Waals surface area contributed by atoms with Gasteiger partial charge in [0.15, 0.2) is 0 Å². The lowest BCUT2D eigenvalue weighted by Crippen LogP contribution is -2.03. The summed E-state index contributed by atoms with van der Waals surface area (Å²) in [5.41, 5.74) is 1.84. The molecule has 0 aliphatic rings. The molecule has 3 heteroatoms. The predicted octanol–water partition coefficient (Wildman–Crippen LogP) is 2.85. The Morgan fingerprint density at radius 3 is 2.63 bits per heavy atom. The van der Waals surface area contributed by atoms with Crippen molar-refractivity contribution in [3.63, 3.8) is 0 Å². The van der Waals surface area contributed by atoms with Crippen molar-refractivity contribution in [1.29, 1.82) is 0 Å². The van der Waals surface area contributed by atoms with E-state index in [-0.39, 0.29) is 0 Å². The van der Waals surface area contributed by atoms with Gasteiger partial charge in [-0.3, -0.25) is 4.68 Å². The van der Waals surface area contributed by atoms with Gasteiger partial charge in [0.1, 0.15) is 6.10 Å². The van der Waals surface area contributed by atoms with E-state index in [0.29, 0.717) is 6.42 Å². The van der Waals surface area contributed by atoms with Gasteiger partial charge in [0.25, 0.3) is 0 Å². The van der Waals surface area contributed by atoms with Gasteiger partial charge in [-0.1, -0.05) is 42.5 Å². The normalized spacial score (nSPS) is 12.7. The Bertz CT molecular complexity index is 703. The number of nitrogens with zero attached hydrogens (tertiary/aromatic N) is 2. The number of aromatic nitrogens is 2. The van der Waals surface area contributed by atoms with Gasteiger partial charge in [0, 0.05) is 19.7 Å². The van der Waals surface area contributed by atoms with Crippen LogP contribution in [0.15, 0.2) is 54.7 Å². The largest absolute Gasteiger partial charge is 0.386 e. The van der Waals surface area contributed by atoms with Crippen LogP contribution in [0.25, 0.3) is 10.8 Å². The summed E-state index contributed by atoms with van der Waals surface area (Å²) in [5.74, 6) is 0. The molecule has 1 unspecified atom stereocenters. The zero-order valence-corrected chi connectivity index (χ0v) is 10.8. The van der Waals surface area contributed by atoms with E-state index >= 15 is 0 Å². The van der Waals surface area contributed by atoms with Gasteiger partial charge < -0.3 is 5.11 Å². The molecule has 0 aliphatic heterocycles. The van der Waals surface area contributed by atoms with Gasteiger partial charge in [0.05, 0.1) is 5.69 Å². The van der Waals surface area contributed by atoms with Crippen molar-refractivity contribution in [3.8, 4) is 0 Å². The molecule has 3 aromatic rings. The molecule has 2 aromatic carbocycles. The molecule has 1 atom stereocenters. The van der Waals surface area contributed by atoms with Crippen LogP contribution < -0.4 is 0 Å². The Morgan fingerprint density at radius 2 is 1.89 bits per heavy atom. The van der Waals surface area contributed by atoms with Gasteiger partial charge in [-0.05, 0) is 22.4 Å². The van der Waals surface area contributed by atoms with E-state index in [1.165, 1.54) is 10.8 Å². The summed E-state index contributed by atoms with van der Waals surface area (Å²) in [7, 11) is 1.85. The van der Waals surface area contributed by atoms with E-state index < -0.39 is 6.10 Å². The lowest BCUT2D eigenvalue weighted by atomic mass is 10.0. The second-order valence-corrected chi connectivity index (χ2v) is 4.82. The van der Waals surface area contributed by atoms with Crippen molar-refractivity contribution in [1.82, 2.24) is 9.78 Å². The van der Waals surface area contributed by atoms with Gasteiger partial charge in [-0.25, -0.2) is 0 Å². The van der Waals surface area contributed by atoms with Crippen molar-refractivity contribution in [2.45, 2.75) is 12.5 Å². The molecular weight excluding hydrogens is 236 g/mol. The minimum absolute atomic E-state index is 0.553. The highest BCUT2D eigenvalue weighted by Gasteiger charge is 2.11. The third-order valence-corrected chi connectivity index (χ3v) is 3.32. The smallest absolute Gasteiger partial charge is 0.102 e. The zero-order valence-electron chi connectivity index (χ0n) is 10.8. The first-order chi connectivity index (χ1) is 9.22. The molecule has 0 aliphatic carbocycles. The van der Waals surface area contributed by atoms with Crippen LogP contribution in [0.3, 0.4) is 0 Å². The first kappa shape index (κ1) is 11.9. The van der Waals surface area contributed by atoms with Crippen molar-refractivity contribution >= 4 is 10.8 Å². The summed E-state index contributed by atoms with van der Waals surface area (Å²) in [6.07, 6.45) is 1.88. The second kappa shape index (κ2) is 4.86. The van der Waals surface area contributed by atoms with Crippen LogP contribution in [-0.2, 0) is 13.5 Å². The molecule has 0 fully saturated rings. The molecule has 1 heterocycles. The first-order valence-electron chi connectivity index (χ1n) is 6.38. The molecule has 1 N–H and O–H groups in total. The van der Waals surface area contributed by atoms with E-state index in [2.05, 4.69) is 35.4 Å². The van der Waals surface area contributed by atoms with Crippen molar-refractivity contribution in [3.05, 3.63) is 66.0 Å². The highest BCUT2D eigenvalue weighted by Crippen LogP contribution is 2.20. The molecule has 19 heavy (non-hydrogen) atoms. The number of aliphatic hydroxyl groups excluding tert-OH is 1. The van der Waals surface area contributed by atoms with Crippen molar-refractivity contribution < 1.29 is 5.11 Å². The molecule has 3 rings (SSSR count). The van der Waals surface area contributed by atoms with Crippen LogP contribution >= 0.6 is 0 Å². The van der Waals surface area contributed by atoms with E-state index in [9.17, 15) is 5.11 Å². The van der Waals surface area contributed by atoms with Gasteiger partial charge >= 0.3 is 0 Å². The second-order valence-electron chi connectivity index (χ2n) is 4.82. The molecule has 3 nitrogen and oxygen atoms in total. The monoisotopic (exact) mass is 252 g/mol. The Hall–Kier alpha value is -2.13. The molecule has 1 aromatic heterocycles. The van der Waals surface area contributed by atoms with Gasteiger partial charge in [0.2, 0.25) is 0 Å². The molecule has 0 radical (unpaired) electrons. The Labute approximate surface area is 112 Å². The quantitative estimate of drug-likeness (QED) is 0.778. The number of aliphatic hydroxyl groups is 1. The fraction of sp³-hybridized carbons (Fsp3) is 0.188. The predicted molar refractivity (Wildman–Crippen MR) is 75.8 cm³/mol. The molecule has 0 saturated heterocycles. The average molecular weight is 252 g/mol. The summed E-state index contributed by atoms with van der Waals surface area (Å²) in [6, 6.07) is 16.4. The van der Waals surface area contributed by atoms with Crippen LogP contribution in [-0.4, -0.2) is 14.9 Å². The number of rotatable bonds is 3. The minimum atomic E-state index is -0.553. The number of fused-ring (bicyclic) bond motifs is 1. The molecular formula is C16H16N2O. The van der Waals surface area contributed by atoms with Crippen LogP contribution in [0.1, 0.15) is 17.4 Å². The average Bonchev–Trinajstić information content (AvgIpc) is 2.85. The highest BCUT2D eigenvalue weighted by molar-refractivity contribution is 5.82. The zero-order chi connectivity index (χ0) is 13.2. The maximum Gasteiger partial charge on any atom is 0.102 e. The summed E-state index contributed by atoms with van der Waals surface area (Å²) in [4.78, 5) is 0. The summed E-state index contributed by atoms with van der Waals surface area (Å²) in [5, 5.41) is 16.8. The minimum Gasteiger partial charge on any atom is -0.386 e. The van der Waals surface area contributed by atoms with Crippen molar-refractivity contribution in [2.24, 2.45) is 7.05 Å². The van der Waals surface area contributed by atoms with Gasteiger partial charge in [-0.15, -0.1) is 0 Å². The molecule has 0 bridgehead atoms. The number of hydrogen-bond donors (Lipinski definition) is 1. The molecule has 0 amide bonds. The molecule has 0 saturated carbocycles. The molecule has 0 spiro atoms. The van der Waals surface area contributed by atoms with Crippen LogP contribution in [0.2, 0.25) is 0 Å².